The fourth-order valence-electron chi connectivity index (χ4n) is 5.29. The molecule has 1 fully saturated rings. The van der Waals surface area contributed by atoms with Crippen LogP contribution in [0.5, 0.6) is 5.75 Å². The Balaban J connectivity index is 1.51. The van der Waals surface area contributed by atoms with Gasteiger partial charge < -0.3 is 15.2 Å². The van der Waals surface area contributed by atoms with Gasteiger partial charge in [-0.25, -0.2) is 13.1 Å². The number of rotatable bonds is 12. The average molecular weight is 946 g/mol. The molecular formula is C30H37I3N4O5S. The van der Waals surface area contributed by atoms with Gasteiger partial charge in [-0.05, 0) is 86.2 Å². The number of hydrogen-bond donors (Lipinski definition) is 2. The van der Waals surface area contributed by atoms with Crippen molar-refractivity contribution in [3.63, 3.8) is 0 Å². The Hall–Kier alpha value is -1.28. The fraction of sp³-hybridized carbons (Fsp3) is 0.400. The van der Waals surface area contributed by atoms with E-state index >= 15 is 0 Å². The van der Waals surface area contributed by atoms with Crippen molar-refractivity contribution < 1.29 is 23.1 Å². The number of ether oxygens (including phenoxy) is 1. The van der Waals surface area contributed by atoms with Crippen molar-refractivity contribution in [2.24, 2.45) is 5.92 Å². The zero-order chi connectivity index (χ0) is 31.4. The lowest BCUT2D eigenvalue weighted by Gasteiger charge is -2.40. The Morgan fingerprint density at radius 2 is 2.00 bits per heavy atom. The van der Waals surface area contributed by atoms with Crippen LogP contribution in [0.15, 0.2) is 48.7 Å². The molecule has 9 nitrogen and oxygen atoms in total. The zero-order valence-corrected chi connectivity index (χ0v) is 31.7. The largest absolute Gasteiger partial charge is 0.470 e. The van der Waals surface area contributed by atoms with Gasteiger partial charge in [0, 0.05) is 52.3 Å². The topological polar surface area (TPSA) is 114 Å². The number of likely N-dealkylation sites (tertiary alicyclic amines) is 1. The molecule has 1 aromatic heterocycles. The first-order valence-corrected chi connectivity index (χ1v) is 22.3. The summed E-state index contributed by atoms with van der Waals surface area (Å²) in [7, 11) is -3.32. The van der Waals surface area contributed by atoms with Crippen molar-refractivity contribution in [3.8, 4) is 11.4 Å². The molecule has 0 aliphatic carbocycles. The number of nitrogens with one attached hydrogen (secondary N) is 1. The van der Waals surface area contributed by atoms with Gasteiger partial charge in [-0.15, -0.1) is 0 Å². The molecule has 1 saturated heterocycles. The third-order valence-electron chi connectivity index (χ3n) is 7.38. The van der Waals surface area contributed by atoms with Crippen LogP contribution in [0, 0.1) is 16.4 Å². The second-order valence-electron chi connectivity index (χ2n) is 11.0. The second-order valence-corrected chi connectivity index (χ2v) is 20.7. The summed E-state index contributed by atoms with van der Waals surface area (Å²) in [6, 6.07) is 13.7. The maximum atomic E-state index is 13.3. The number of aromatic nitrogens is 2. The molecule has 0 bridgehead atoms. The molecule has 1 amide bonds. The summed E-state index contributed by atoms with van der Waals surface area (Å²) in [4.78, 5) is 15.5. The summed E-state index contributed by atoms with van der Waals surface area (Å²) >= 11 is 1.58. The van der Waals surface area contributed by atoms with Crippen molar-refractivity contribution in [2.75, 3.05) is 30.4 Å². The van der Waals surface area contributed by atoms with Crippen molar-refractivity contribution in [3.05, 3.63) is 69.1 Å². The molecule has 1 unspecified atom stereocenters. The predicted molar refractivity (Wildman–Crippen MR) is 200 cm³/mol. The molecule has 4 rings (SSSR count). The van der Waals surface area contributed by atoms with E-state index in [1.54, 1.807) is 17.8 Å². The smallest absolute Gasteiger partial charge is 0.259 e. The number of nitrogens with zero attached hydrogens (tertiary/aromatic N) is 3. The average Bonchev–Trinajstić information content (AvgIpc) is 3.35. The van der Waals surface area contributed by atoms with E-state index in [2.05, 4.69) is 46.9 Å². The van der Waals surface area contributed by atoms with Gasteiger partial charge in [0.25, 0.3) is 5.91 Å². The number of carbonyl (C=O) groups is 1. The summed E-state index contributed by atoms with van der Waals surface area (Å²) in [5, 5.41) is 18.6. The molecule has 3 aromatic rings. The lowest BCUT2D eigenvalue weighted by Crippen LogP contribution is -2.49. The highest BCUT2D eigenvalue weighted by molar-refractivity contribution is 14.2. The molecular weight excluding hydrogens is 909 g/mol. The maximum Gasteiger partial charge on any atom is 0.259 e. The molecule has 13 heteroatoms. The fourth-order valence-corrected chi connectivity index (χ4v) is 8.19. The molecule has 1 aliphatic rings. The summed E-state index contributed by atoms with van der Waals surface area (Å²) in [5.74, 6) is -0.00136. The first kappa shape index (κ1) is 34.6. The van der Waals surface area contributed by atoms with Crippen molar-refractivity contribution >= 4 is 94.5 Å². The second kappa shape index (κ2) is 14.9. The van der Waals surface area contributed by atoms with Crippen molar-refractivity contribution in [1.82, 2.24) is 14.7 Å². The highest BCUT2D eigenvalue weighted by Crippen LogP contribution is 2.33. The van der Waals surface area contributed by atoms with Crippen LogP contribution < -0.4 is 10.1 Å². The van der Waals surface area contributed by atoms with Crippen LogP contribution in [0.2, 0.25) is 0 Å². The van der Waals surface area contributed by atoms with Crippen molar-refractivity contribution in [1.29, 1.82) is 0 Å². The van der Waals surface area contributed by atoms with Gasteiger partial charge in [-0.3, -0.25) is 9.69 Å². The first-order chi connectivity index (χ1) is 20.3. The number of amides is 1. The normalized spacial score (nSPS) is 18.1. The lowest BCUT2D eigenvalue weighted by molar-refractivity contribution is -0.0171. The standard InChI is InChI=1S/C30H37I3N4O5S/c1-20-26(18-37(35-20)25-12-9-23(32-3)10-13-25)28(38)34-24-11-8-21(27(15-24)42-29(31)33-4)16-36-14-6-7-22(17-36)30(2,39)19-43(5,40)41/h8-13,15,18,22,29,39H,3-4,6-7,14,16-17,19H2,1-2,5H3,(H,34,38)/t22-,29?,30+/m0/s1. The minimum Gasteiger partial charge on any atom is -0.470 e. The van der Waals surface area contributed by atoms with Gasteiger partial charge in [0.1, 0.15) is 15.6 Å². The number of hydrogen-bond acceptors (Lipinski definition) is 7. The number of aryl methyl sites for hydroxylation is 1. The monoisotopic (exact) mass is 946 g/mol. The van der Waals surface area contributed by atoms with E-state index in [1.807, 2.05) is 49.4 Å². The number of carbonyl (C=O) groups excluding carboxylic acids is 1. The van der Waals surface area contributed by atoms with Crippen LogP contribution in [0.25, 0.3) is 5.69 Å². The van der Waals surface area contributed by atoms with Crippen LogP contribution in [0.3, 0.4) is 0 Å². The summed E-state index contributed by atoms with van der Waals surface area (Å²) in [5.41, 5.74) is 2.26. The van der Waals surface area contributed by atoms with Crippen LogP contribution in [0.4, 0.5) is 5.69 Å². The van der Waals surface area contributed by atoms with Gasteiger partial charge in [-0.1, -0.05) is 56.6 Å². The van der Waals surface area contributed by atoms with Gasteiger partial charge in [-0.2, -0.15) is 5.10 Å². The number of piperidine rings is 1. The molecule has 3 atom stereocenters. The highest BCUT2D eigenvalue weighted by atomic mass is 127. The molecule has 234 valence electrons. The Bertz CT molecular complexity index is 1590. The third kappa shape index (κ3) is 9.61. The van der Waals surface area contributed by atoms with Crippen LogP contribution >= 0.6 is 64.1 Å². The number of sulfone groups is 1. The molecule has 43 heavy (non-hydrogen) atoms. The molecule has 1 aliphatic heterocycles. The number of benzene rings is 2. The van der Waals surface area contributed by atoms with Crippen LogP contribution in [-0.2, 0) is 16.4 Å². The molecule has 0 saturated carbocycles. The van der Waals surface area contributed by atoms with E-state index < -0.39 is 36.2 Å². The van der Waals surface area contributed by atoms with E-state index in [0.29, 0.717) is 35.8 Å². The number of halogens is 3. The third-order valence-corrected chi connectivity index (χ3v) is 13.5. The van der Waals surface area contributed by atoms with E-state index in [4.69, 9.17) is 4.74 Å². The van der Waals surface area contributed by atoms with Crippen LogP contribution in [-0.4, -0.2) is 76.0 Å². The SMILES string of the molecule is C=Ic1ccc(-n2cc(C(=O)Nc3ccc(CN4CCC[C@H]([C@](C)(O)CS(C)(=O)=O)C4)c(OC(I)I=C)c3)c(C)n2)cc1. The van der Waals surface area contributed by atoms with Crippen LogP contribution in [0.1, 0.15) is 41.4 Å². The first-order valence-electron chi connectivity index (χ1n) is 13.6. The van der Waals surface area contributed by atoms with E-state index in [1.165, 1.54) is 3.57 Å². The highest BCUT2D eigenvalue weighted by Gasteiger charge is 2.38. The summed E-state index contributed by atoms with van der Waals surface area (Å²) < 4.78 is 41.1. The maximum absolute atomic E-state index is 13.3. The predicted octanol–water partition coefficient (Wildman–Crippen LogP) is 5.51. The molecule has 2 aromatic carbocycles. The number of aliphatic hydroxyl groups is 1. The summed E-state index contributed by atoms with van der Waals surface area (Å²) in [6.07, 6.45) is 4.54. The Labute approximate surface area is 287 Å². The number of anilines is 1. The van der Waals surface area contributed by atoms with Gasteiger partial charge in [0.05, 0.1) is 28.3 Å². The lowest BCUT2D eigenvalue weighted by atomic mass is 9.84. The number of alkyl halides is 2. The molecule has 2 N–H and O–H groups in total. The minimum atomic E-state index is -3.32. The van der Waals surface area contributed by atoms with Gasteiger partial charge in [0.2, 0.25) is 0 Å². The van der Waals surface area contributed by atoms with E-state index in [0.717, 1.165) is 36.9 Å². The molecule has 0 radical (unpaired) electrons. The molecule has 0 spiro atoms. The Morgan fingerprint density at radius 1 is 1.28 bits per heavy atom. The minimum absolute atomic E-state index is 0.0526. The van der Waals surface area contributed by atoms with Gasteiger partial charge >= 0.3 is 0 Å². The van der Waals surface area contributed by atoms with Gasteiger partial charge in [0.15, 0.2) is 2.12 Å². The Kier molecular flexibility index (Phi) is 12.0. The zero-order valence-electron chi connectivity index (χ0n) is 24.4. The van der Waals surface area contributed by atoms with Crippen molar-refractivity contribution in [2.45, 2.75) is 41.0 Å². The summed E-state index contributed by atoms with van der Waals surface area (Å²) in [6.45, 7) is 5.44. The van der Waals surface area contributed by atoms with E-state index in [-0.39, 0.29) is 40.4 Å². The Morgan fingerprint density at radius 3 is 2.65 bits per heavy atom. The molecule has 2 heterocycles. The van der Waals surface area contributed by atoms with E-state index in [9.17, 15) is 18.3 Å². The quantitative estimate of drug-likeness (QED) is 0.182.